The van der Waals surface area contributed by atoms with Crippen LogP contribution in [0.1, 0.15) is 36.1 Å². The Morgan fingerprint density at radius 1 is 1.15 bits per heavy atom. The average molecular weight is 429 g/mol. The van der Waals surface area contributed by atoms with E-state index in [0.29, 0.717) is 6.42 Å². The topological polar surface area (TPSA) is 57.2 Å². The van der Waals surface area contributed by atoms with Crippen LogP contribution in [-0.2, 0) is 17.8 Å². The number of unbranched alkanes of at least 4 members (excludes halogenated alkanes) is 1. The van der Waals surface area contributed by atoms with Crippen LogP contribution in [0.15, 0.2) is 46.9 Å². The lowest BCUT2D eigenvalue weighted by atomic mass is 10.0. The molecule has 0 saturated heterocycles. The number of halogens is 1. The zero-order chi connectivity index (χ0) is 19.4. The molecule has 2 N–H and O–H groups in total. The normalized spacial score (nSPS) is 11.1. The van der Waals surface area contributed by atoms with Gasteiger partial charge in [0.1, 0.15) is 5.75 Å². The van der Waals surface area contributed by atoms with Crippen molar-refractivity contribution in [2.24, 2.45) is 5.73 Å². The second kappa shape index (κ2) is 8.61. The van der Waals surface area contributed by atoms with E-state index >= 15 is 0 Å². The number of nitrogens with two attached hydrogens (primary N) is 1. The van der Waals surface area contributed by atoms with Crippen molar-refractivity contribution in [1.29, 1.82) is 0 Å². The first kappa shape index (κ1) is 19.5. The predicted octanol–water partition coefficient (Wildman–Crippen LogP) is 4.97. The molecule has 0 radical (unpaired) electrons. The zero-order valence-electron chi connectivity index (χ0n) is 15.8. The first-order valence-electron chi connectivity index (χ1n) is 9.18. The minimum Gasteiger partial charge on any atom is -0.497 e. The molecule has 5 heteroatoms. The highest BCUT2D eigenvalue weighted by Crippen LogP contribution is 2.31. The van der Waals surface area contributed by atoms with Gasteiger partial charge in [0.25, 0.3) is 0 Å². The van der Waals surface area contributed by atoms with Crippen molar-refractivity contribution in [1.82, 2.24) is 4.57 Å². The molecule has 1 heterocycles. The van der Waals surface area contributed by atoms with Gasteiger partial charge < -0.3 is 15.0 Å². The Kier molecular flexibility index (Phi) is 6.22. The van der Waals surface area contributed by atoms with E-state index in [1.54, 1.807) is 7.11 Å². The number of ether oxygens (including phenoxy) is 1. The number of rotatable bonds is 8. The van der Waals surface area contributed by atoms with Gasteiger partial charge in [-0.15, -0.1) is 0 Å². The zero-order valence-corrected chi connectivity index (χ0v) is 17.4. The lowest BCUT2D eigenvalue weighted by molar-refractivity contribution is -0.118. The Labute approximate surface area is 168 Å². The van der Waals surface area contributed by atoms with Crippen LogP contribution in [0.25, 0.3) is 10.9 Å². The van der Waals surface area contributed by atoms with E-state index in [9.17, 15) is 4.79 Å². The molecule has 142 valence electrons. The van der Waals surface area contributed by atoms with E-state index in [1.165, 1.54) is 27.7 Å². The number of carbonyl (C=O) groups excluding carboxylic acids is 1. The minimum atomic E-state index is -0.231. The van der Waals surface area contributed by atoms with E-state index in [1.807, 2.05) is 6.07 Å². The van der Waals surface area contributed by atoms with E-state index in [0.717, 1.165) is 36.0 Å². The van der Waals surface area contributed by atoms with Gasteiger partial charge in [-0.2, -0.15) is 0 Å². The third-order valence-corrected chi connectivity index (χ3v) is 5.54. The molecule has 4 nitrogen and oxygen atoms in total. The van der Waals surface area contributed by atoms with Crippen molar-refractivity contribution in [2.45, 2.75) is 39.2 Å². The van der Waals surface area contributed by atoms with Crippen LogP contribution in [-0.4, -0.2) is 17.6 Å². The number of fused-ring (bicyclic) bond motifs is 1. The van der Waals surface area contributed by atoms with Crippen LogP contribution in [0.3, 0.4) is 0 Å². The van der Waals surface area contributed by atoms with Crippen molar-refractivity contribution in [2.75, 3.05) is 7.11 Å². The number of nitrogens with zero attached hydrogens (tertiary/aromatic N) is 1. The van der Waals surface area contributed by atoms with Crippen molar-refractivity contribution >= 4 is 32.7 Å². The van der Waals surface area contributed by atoms with Crippen molar-refractivity contribution in [3.05, 3.63) is 63.8 Å². The van der Waals surface area contributed by atoms with Gasteiger partial charge in [-0.25, -0.2) is 0 Å². The van der Waals surface area contributed by atoms with Gasteiger partial charge in [0.15, 0.2) is 0 Å². The summed E-state index contributed by atoms with van der Waals surface area (Å²) in [6.07, 6.45) is 3.13. The Hall–Kier alpha value is -2.27. The molecule has 3 rings (SSSR count). The molecule has 0 aliphatic heterocycles. The van der Waals surface area contributed by atoms with Gasteiger partial charge in [-0.3, -0.25) is 4.79 Å². The maximum absolute atomic E-state index is 11.0. The van der Waals surface area contributed by atoms with Gasteiger partial charge in [0.2, 0.25) is 5.91 Å². The molecular formula is C22H25BrN2O2. The molecule has 27 heavy (non-hydrogen) atoms. The van der Waals surface area contributed by atoms with E-state index in [2.05, 4.69) is 63.8 Å². The van der Waals surface area contributed by atoms with Crippen LogP contribution in [0.2, 0.25) is 0 Å². The predicted molar refractivity (Wildman–Crippen MR) is 113 cm³/mol. The van der Waals surface area contributed by atoms with Crippen LogP contribution >= 0.6 is 15.9 Å². The van der Waals surface area contributed by atoms with E-state index < -0.39 is 0 Å². The van der Waals surface area contributed by atoms with Gasteiger partial charge in [0, 0.05) is 34.0 Å². The molecule has 0 spiro atoms. The van der Waals surface area contributed by atoms with Crippen LogP contribution < -0.4 is 10.5 Å². The second-order valence-electron chi connectivity index (χ2n) is 6.83. The number of amides is 1. The summed E-state index contributed by atoms with van der Waals surface area (Å²) >= 11 is 3.50. The highest BCUT2D eigenvalue weighted by atomic mass is 79.9. The quantitative estimate of drug-likeness (QED) is 0.514. The molecule has 0 aliphatic carbocycles. The monoisotopic (exact) mass is 428 g/mol. The summed E-state index contributed by atoms with van der Waals surface area (Å²) < 4.78 is 8.89. The third kappa shape index (κ3) is 4.53. The first-order valence-corrected chi connectivity index (χ1v) is 9.97. The smallest absolute Gasteiger partial charge is 0.217 e. The summed E-state index contributed by atoms with van der Waals surface area (Å²) in [4.78, 5) is 11.0. The van der Waals surface area contributed by atoms with Crippen molar-refractivity contribution in [3.63, 3.8) is 0 Å². The molecule has 2 aromatic carbocycles. The van der Waals surface area contributed by atoms with Gasteiger partial charge in [-0.1, -0.05) is 28.1 Å². The molecule has 0 atom stereocenters. The van der Waals surface area contributed by atoms with Crippen LogP contribution in [0.4, 0.5) is 0 Å². The second-order valence-corrected chi connectivity index (χ2v) is 7.75. The fraction of sp³-hybridized carbons (Fsp3) is 0.318. The molecule has 1 amide bonds. The molecule has 0 saturated carbocycles. The Balaban J connectivity index is 1.95. The number of aryl methyl sites for hydroxylation is 1. The highest BCUT2D eigenvalue weighted by Gasteiger charge is 2.15. The Morgan fingerprint density at radius 2 is 1.89 bits per heavy atom. The number of hydrogen-bond donors (Lipinski definition) is 1. The van der Waals surface area contributed by atoms with E-state index in [4.69, 9.17) is 10.5 Å². The van der Waals surface area contributed by atoms with Crippen molar-refractivity contribution in [3.8, 4) is 5.75 Å². The summed E-state index contributed by atoms with van der Waals surface area (Å²) in [5, 5.41) is 1.23. The first-order chi connectivity index (χ1) is 13.0. The Morgan fingerprint density at radius 3 is 2.56 bits per heavy atom. The third-order valence-electron chi connectivity index (χ3n) is 5.02. The van der Waals surface area contributed by atoms with Gasteiger partial charge >= 0.3 is 0 Å². The summed E-state index contributed by atoms with van der Waals surface area (Å²) in [6, 6.07) is 14.7. The van der Waals surface area contributed by atoms with E-state index in [-0.39, 0.29) is 5.91 Å². The standard InChI is InChI=1S/C22H25BrN2O2/c1-15-19(5-3-4-6-22(24)26)20-13-18(27-2)11-12-21(20)25(15)14-16-7-9-17(23)10-8-16/h7-13H,3-6,14H2,1-2H3,(H2,24,26). The number of carbonyl (C=O) groups is 1. The fourth-order valence-corrected chi connectivity index (χ4v) is 3.81. The summed E-state index contributed by atoms with van der Waals surface area (Å²) in [5.74, 6) is 0.632. The number of benzene rings is 2. The fourth-order valence-electron chi connectivity index (χ4n) is 3.55. The largest absolute Gasteiger partial charge is 0.497 e. The maximum atomic E-state index is 11.0. The molecule has 1 aromatic heterocycles. The summed E-state index contributed by atoms with van der Waals surface area (Å²) in [6.45, 7) is 3.00. The summed E-state index contributed by atoms with van der Waals surface area (Å²) in [7, 11) is 1.69. The molecular weight excluding hydrogens is 404 g/mol. The lowest BCUT2D eigenvalue weighted by Gasteiger charge is -2.10. The molecule has 0 fully saturated rings. The number of hydrogen-bond acceptors (Lipinski definition) is 2. The SMILES string of the molecule is COc1ccc2c(c1)c(CCCCC(N)=O)c(C)n2Cc1ccc(Br)cc1. The number of aromatic nitrogens is 1. The maximum Gasteiger partial charge on any atom is 0.217 e. The minimum absolute atomic E-state index is 0.231. The Bertz CT molecular complexity index is 945. The molecule has 0 unspecified atom stereocenters. The molecule has 0 bridgehead atoms. The lowest BCUT2D eigenvalue weighted by Crippen LogP contribution is -2.09. The summed E-state index contributed by atoms with van der Waals surface area (Å²) in [5.41, 5.74) is 10.3. The number of primary amides is 1. The van der Waals surface area contributed by atoms with Gasteiger partial charge in [0.05, 0.1) is 7.11 Å². The highest BCUT2D eigenvalue weighted by molar-refractivity contribution is 9.10. The molecule has 0 aliphatic rings. The van der Waals surface area contributed by atoms with Crippen LogP contribution in [0.5, 0.6) is 5.75 Å². The van der Waals surface area contributed by atoms with Gasteiger partial charge in [-0.05, 0) is 67.6 Å². The molecule has 3 aromatic rings. The van der Waals surface area contributed by atoms with Crippen molar-refractivity contribution < 1.29 is 9.53 Å². The average Bonchev–Trinajstić information content (AvgIpc) is 2.91. The van der Waals surface area contributed by atoms with Crippen LogP contribution in [0, 0.1) is 6.92 Å². The number of methoxy groups -OCH3 is 1.